The van der Waals surface area contributed by atoms with Gasteiger partial charge in [-0.2, -0.15) is 0 Å². The summed E-state index contributed by atoms with van der Waals surface area (Å²) in [6.07, 6.45) is 2.09. The maximum atomic E-state index is 11.4. The molecule has 1 rings (SSSR count). The van der Waals surface area contributed by atoms with Crippen LogP contribution in [0, 0.1) is 0 Å². The van der Waals surface area contributed by atoms with E-state index in [9.17, 15) is 9.90 Å². The smallest absolute Gasteiger partial charge is 0.314 e. The Balaban J connectivity index is 3.12. The number of allylic oxidation sites excluding steroid dienone is 1. The van der Waals surface area contributed by atoms with Gasteiger partial charge in [0.05, 0.1) is 5.41 Å². The molecule has 0 saturated heterocycles. The fourth-order valence-electron chi connectivity index (χ4n) is 1.85. The van der Waals surface area contributed by atoms with E-state index in [1.54, 1.807) is 13.0 Å². The van der Waals surface area contributed by atoms with Crippen LogP contribution >= 0.6 is 0 Å². The normalized spacial score (nSPS) is 14.4. The molecular weight excluding hydrogens is 212 g/mol. The number of carboxylic acids is 1. The first-order valence-corrected chi connectivity index (χ1v) is 5.86. The standard InChI is InChI=1S/C15H20O2/c1-5-10-15(4,14(16)17)13-8-6-12(7-9-13)11(2)3/h5-9,11H,1,10H2,2-4H3,(H,16,17). The van der Waals surface area contributed by atoms with Crippen molar-refractivity contribution in [2.75, 3.05) is 0 Å². The Kier molecular flexibility index (Phi) is 4.11. The van der Waals surface area contributed by atoms with Crippen molar-refractivity contribution in [1.82, 2.24) is 0 Å². The maximum Gasteiger partial charge on any atom is 0.314 e. The fourth-order valence-corrected chi connectivity index (χ4v) is 1.85. The summed E-state index contributed by atoms with van der Waals surface area (Å²) in [5.41, 5.74) is 1.17. The number of rotatable bonds is 5. The highest BCUT2D eigenvalue weighted by molar-refractivity contribution is 5.81. The Morgan fingerprint density at radius 3 is 2.29 bits per heavy atom. The minimum absolute atomic E-state index is 0.434. The molecule has 17 heavy (non-hydrogen) atoms. The van der Waals surface area contributed by atoms with E-state index in [2.05, 4.69) is 20.4 Å². The van der Waals surface area contributed by atoms with Gasteiger partial charge in [0, 0.05) is 0 Å². The van der Waals surface area contributed by atoms with Gasteiger partial charge in [0.15, 0.2) is 0 Å². The van der Waals surface area contributed by atoms with E-state index >= 15 is 0 Å². The Bertz CT molecular complexity index is 403. The molecule has 1 N–H and O–H groups in total. The molecule has 1 unspecified atom stereocenters. The van der Waals surface area contributed by atoms with Crippen LogP contribution in [0.3, 0.4) is 0 Å². The zero-order valence-corrected chi connectivity index (χ0v) is 10.7. The van der Waals surface area contributed by atoms with Crippen LogP contribution in [0.25, 0.3) is 0 Å². The SMILES string of the molecule is C=CCC(C)(C(=O)O)c1ccc(C(C)C)cc1. The maximum absolute atomic E-state index is 11.4. The molecule has 0 aromatic heterocycles. The molecular formula is C15H20O2. The van der Waals surface area contributed by atoms with Crippen LogP contribution in [0.2, 0.25) is 0 Å². The third kappa shape index (κ3) is 2.76. The van der Waals surface area contributed by atoms with Gasteiger partial charge >= 0.3 is 5.97 Å². The van der Waals surface area contributed by atoms with Crippen LogP contribution in [0.4, 0.5) is 0 Å². The second-order valence-electron chi connectivity index (χ2n) is 4.91. The summed E-state index contributed by atoms with van der Waals surface area (Å²) in [6, 6.07) is 7.83. The number of hydrogen-bond acceptors (Lipinski definition) is 1. The first kappa shape index (κ1) is 13.5. The molecule has 0 fully saturated rings. The lowest BCUT2D eigenvalue weighted by Crippen LogP contribution is -2.31. The first-order valence-electron chi connectivity index (χ1n) is 5.86. The summed E-state index contributed by atoms with van der Waals surface area (Å²) in [7, 11) is 0. The number of carboxylic acid groups (broad SMARTS) is 1. The first-order chi connectivity index (χ1) is 7.91. The summed E-state index contributed by atoms with van der Waals surface area (Å²) in [5, 5.41) is 9.35. The number of hydrogen-bond donors (Lipinski definition) is 1. The third-order valence-electron chi connectivity index (χ3n) is 3.24. The molecule has 92 valence electrons. The lowest BCUT2D eigenvalue weighted by atomic mass is 9.79. The van der Waals surface area contributed by atoms with Crippen LogP contribution < -0.4 is 0 Å². The van der Waals surface area contributed by atoms with E-state index in [0.29, 0.717) is 12.3 Å². The Morgan fingerprint density at radius 2 is 1.94 bits per heavy atom. The number of aliphatic carboxylic acids is 1. The van der Waals surface area contributed by atoms with Crippen LogP contribution in [-0.2, 0) is 10.2 Å². The van der Waals surface area contributed by atoms with E-state index < -0.39 is 11.4 Å². The third-order valence-corrected chi connectivity index (χ3v) is 3.24. The molecule has 1 aromatic rings. The number of carbonyl (C=O) groups is 1. The van der Waals surface area contributed by atoms with Crippen molar-refractivity contribution in [2.24, 2.45) is 0 Å². The second-order valence-corrected chi connectivity index (χ2v) is 4.91. The molecule has 0 amide bonds. The summed E-state index contributed by atoms with van der Waals surface area (Å²) >= 11 is 0. The van der Waals surface area contributed by atoms with Gasteiger partial charge < -0.3 is 5.11 Å². The van der Waals surface area contributed by atoms with Gasteiger partial charge in [-0.3, -0.25) is 4.79 Å². The fraction of sp³-hybridized carbons (Fsp3) is 0.400. The van der Waals surface area contributed by atoms with Gasteiger partial charge in [0.1, 0.15) is 0 Å². The van der Waals surface area contributed by atoms with E-state index in [4.69, 9.17) is 0 Å². The average Bonchev–Trinajstić information content (AvgIpc) is 2.29. The van der Waals surface area contributed by atoms with Crippen LogP contribution in [0.15, 0.2) is 36.9 Å². The monoisotopic (exact) mass is 232 g/mol. The van der Waals surface area contributed by atoms with Crippen molar-refractivity contribution >= 4 is 5.97 Å². The van der Waals surface area contributed by atoms with Crippen molar-refractivity contribution < 1.29 is 9.90 Å². The Labute approximate surface area is 103 Å². The number of benzene rings is 1. The van der Waals surface area contributed by atoms with Gasteiger partial charge in [0.2, 0.25) is 0 Å². The van der Waals surface area contributed by atoms with Crippen molar-refractivity contribution in [3.63, 3.8) is 0 Å². The topological polar surface area (TPSA) is 37.3 Å². The minimum atomic E-state index is -0.878. The molecule has 0 bridgehead atoms. The molecule has 0 aliphatic carbocycles. The van der Waals surface area contributed by atoms with Crippen molar-refractivity contribution in [2.45, 2.75) is 38.5 Å². The van der Waals surface area contributed by atoms with E-state index in [-0.39, 0.29) is 0 Å². The van der Waals surface area contributed by atoms with Crippen LogP contribution in [-0.4, -0.2) is 11.1 Å². The van der Waals surface area contributed by atoms with Crippen molar-refractivity contribution in [3.05, 3.63) is 48.0 Å². The van der Waals surface area contributed by atoms with Gasteiger partial charge in [-0.25, -0.2) is 0 Å². The zero-order valence-electron chi connectivity index (χ0n) is 10.7. The van der Waals surface area contributed by atoms with E-state index in [1.165, 1.54) is 5.56 Å². The molecule has 0 radical (unpaired) electrons. The molecule has 0 heterocycles. The lowest BCUT2D eigenvalue weighted by Gasteiger charge is -2.24. The molecule has 1 atom stereocenters. The van der Waals surface area contributed by atoms with Gasteiger partial charge in [-0.05, 0) is 30.4 Å². The van der Waals surface area contributed by atoms with Gasteiger partial charge in [0.25, 0.3) is 0 Å². The van der Waals surface area contributed by atoms with E-state index in [0.717, 1.165) is 5.56 Å². The molecule has 0 aliphatic heterocycles. The molecule has 2 heteroatoms. The van der Waals surface area contributed by atoms with Crippen molar-refractivity contribution in [1.29, 1.82) is 0 Å². The van der Waals surface area contributed by atoms with Gasteiger partial charge in [-0.15, -0.1) is 6.58 Å². The summed E-state index contributed by atoms with van der Waals surface area (Å²) < 4.78 is 0. The highest BCUT2D eigenvalue weighted by Gasteiger charge is 2.33. The van der Waals surface area contributed by atoms with Crippen molar-refractivity contribution in [3.8, 4) is 0 Å². The average molecular weight is 232 g/mol. The second kappa shape index (κ2) is 5.17. The highest BCUT2D eigenvalue weighted by Crippen LogP contribution is 2.29. The largest absolute Gasteiger partial charge is 0.481 e. The van der Waals surface area contributed by atoms with E-state index in [1.807, 2.05) is 24.3 Å². The Hall–Kier alpha value is -1.57. The predicted octanol–water partition coefficient (Wildman–Crippen LogP) is 3.73. The quantitative estimate of drug-likeness (QED) is 0.785. The molecule has 1 aromatic carbocycles. The predicted molar refractivity (Wildman–Crippen MR) is 70.3 cm³/mol. The van der Waals surface area contributed by atoms with Gasteiger partial charge in [-0.1, -0.05) is 44.2 Å². The Morgan fingerprint density at radius 1 is 1.41 bits per heavy atom. The molecule has 0 spiro atoms. The van der Waals surface area contributed by atoms with Crippen LogP contribution in [0.5, 0.6) is 0 Å². The molecule has 0 aliphatic rings. The minimum Gasteiger partial charge on any atom is -0.481 e. The highest BCUT2D eigenvalue weighted by atomic mass is 16.4. The van der Waals surface area contributed by atoms with Crippen LogP contribution in [0.1, 0.15) is 44.2 Å². The summed E-state index contributed by atoms with van der Waals surface area (Å²) in [4.78, 5) is 11.4. The molecule has 2 nitrogen and oxygen atoms in total. The summed E-state index contributed by atoms with van der Waals surface area (Å²) in [5.74, 6) is -0.353. The zero-order chi connectivity index (χ0) is 13.1. The molecule has 0 saturated carbocycles. The lowest BCUT2D eigenvalue weighted by molar-refractivity contribution is -0.143. The summed E-state index contributed by atoms with van der Waals surface area (Å²) in [6.45, 7) is 9.61.